The maximum absolute atomic E-state index is 10.0. The van der Waals surface area contributed by atoms with Crippen molar-refractivity contribution >= 4 is 11.9 Å². The molecular weight excluding hydrogens is 204 g/mol. The van der Waals surface area contributed by atoms with Crippen molar-refractivity contribution in [3.63, 3.8) is 0 Å². The average molecular weight is 216 g/mol. The largest absolute Gasteiger partial charge is 0.388 e. The van der Waals surface area contributed by atoms with Crippen LogP contribution >= 0.6 is 0 Å². The van der Waals surface area contributed by atoms with Gasteiger partial charge in [-0.2, -0.15) is 0 Å². The second kappa shape index (κ2) is 6.54. The van der Waals surface area contributed by atoms with E-state index in [1.54, 1.807) is 24.0 Å². The molecule has 1 aromatic carbocycles. The molecular formula is C13H12O3. The summed E-state index contributed by atoms with van der Waals surface area (Å²) in [5, 5.41) is 9.64. The fraction of sp³-hybridized carbons (Fsp3) is 0.231. The van der Waals surface area contributed by atoms with E-state index in [2.05, 4.69) is 0 Å². The molecule has 1 aromatic rings. The van der Waals surface area contributed by atoms with Gasteiger partial charge in [0.1, 0.15) is 11.9 Å². The van der Waals surface area contributed by atoms with E-state index in [0.717, 1.165) is 11.1 Å². The van der Waals surface area contributed by atoms with Gasteiger partial charge in [0.15, 0.2) is 0 Å². The first kappa shape index (κ1) is 12.2. The highest BCUT2D eigenvalue weighted by Gasteiger charge is 2.04. The number of carbonyl (C=O) groups excluding carboxylic acids is 2. The summed E-state index contributed by atoms with van der Waals surface area (Å²) >= 11 is 0. The summed E-state index contributed by atoms with van der Waals surface area (Å²) in [4.78, 5) is 20.0. The lowest BCUT2D eigenvalue weighted by atomic mass is 10.0. The normalized spacial score (nSPS) is 11.1. The minimum absolute atomic E-state index is 0.261. The second-order valence-electron chi connectivity index (χ2n) is 3.34. The van der Waals surface area contributed by atoms with Gasteiger partial charge >= 0.3 is 0 Å². The molecule has 0 aromatic heterocycles. The summed E-state index contributed by atoms with van der Waals surface area (Å²) in [7, 11) is 0. The topological polar surface area (TPSA) is 54.4 Å². The van der Waals surface area contributed by atoms with Crippen molar-refractivity contribution in [2.24, 2.45) is 0 Å². The van der Waals surface area contributed by atoms with Crippen molar-refractivity contribution in [2.75, 3.05) is 0 Å². The molecule has 0 aliphatic carbocycles. The number of aliphatic hydroxyl groups excluding tert-OH is 1. The van der Waals surface area contributed by atoms with Crippen LogP contribution in [0.2, 0.25) is 0 Å². The molecule has 82 valence electrons. The predicted octanol–water partition coefficient (Wildman–Crippen LogP) is 1.43. The van der Waals surface area contributed by atoms with E-state index in [-0.39, 0.29) is 6.42 Å². The smallest absolute Gasteiger partial charge is 0.120 e. The zero-order valence-electron chi connectivity index (χ0n) is 8.72. The molecule has 0 aliphatic heterocycles. The number of hydrogen-bond acceptors (Lipinski definition) is 3. The number of rotatable bonds is 5. The van der Waals surface area contributed by atoms with Crippen LogP contribution in [0.25, 0.3) is 0 Å². The summed E-state index contributed by atoms with van der Waals surface area (Å²) in [6.45, 7) is 0. The van der Waals surface area contributed by atoms with Gasteiger partial charge in [0.25, 0.3) is 0 Å². The molecule has 0 bridgehead atoms. The zero-order chi connectivity index (χ0) is 11.8. The van der Waals surface area contributed by atoms with Crippen molar-refractivity contribution in [1.29, 1.82) is 0 Å². The van der Waals surface area contributed by atoms with Gasteiger partial charge in [-0.15, -0.1) is 0 Å². The highest BCUT2D eigenvalue weighted by molar-refractivity contribution is 5.46. The third-order valence-electron chi connectivity index (χ3n) is 2.21. The van der Waals surface area contributed by atoms with Crippen LogP contribution in [0.3, 0.4) is 0 Å². The van der Waals surface area contributed by atoms with Gasteiger partial charge in [0.2, 0.25) is 0 Å². The SMILES string of the molecule is O=C=CCc1ccc(C(O)CC=C=O)cc1. The summed E-state index contributed by atoms with van der Waals surface area (Å²) in [6, 6.07) is 7.21. The lowest BCUT2D eigenvalue weighted by molar-refractivity contribution is 0.182. The second-order valence-corrected chi connectivity index (χ2v) is 3.34. The van der Waals surface area contributed by atoms with Crippen LogP contribution in [0.4, 0.5) is 0 Å². The van der Waals surface area contributed by atoms with E-state index < -0.39 is 6.10 Å². The first-order valence-corrected chi connectivity index (χ1v) is 4.93. The van der Waals surface area contributed by atoms with E-state index in [0.29, 0.717) is 6.42 Å². The lowest BCUT2D eigenvalue weighted by Gasteiger charge is -2.07. The first-order chi connectivity index (χ1) is 7.77. The molecule has 0 spiro atoms. The van der Waals surface area contributed by atoms with E-state index in [1.807, 2.05) is 12.1 Å². The highest BCUT2D eigenvalue weighted by atomic mass is 16.3. The third-order valence-corrected chi connectivity index (χ3v) is 2.21. The zero-order valence-corrected chi connectivity index (χ0v) is 8.72. The van der Waals surface area contributed by atoms with Gasteiger partial charge in [-0.05, 0) is 11.1 Å². The van der Waals surface area contributed by atoms with Gasteiger partial charge in [-0.3, -0.25) is 0 Å². The van der Waals surface area contributed by atoms with Gasteiger partial charge in [0.05, 0.1) is 6.10 Å². The van der Waals surface area contributed by atoms with E-state index in [1.165, 1.54) is 12.2 Å². The van der Waals surface area contributed by atoms with Crippen LogP contribution in [0.15, 0.2) is 36.4 Å². The van der Waals surface area contributed by atoms with Crippen molar-refractivity contribution in [2.45, 2.75) is 18.9 Å². The predicted molar refractivity (Wildman–Crippen MR) is 60.2 cm³/mol. The Hall–Kier alpha value is -1.92. The Morgan fingerprint density at radius 2 is 1.75 bits per heavy atom. The van der Waals surface area contributed by atoms with Crippen LogP contribution in [-0.2, 0) is 16.0 Å². The van der Waals surface area contributed by atoms with Crippen molar-refractivity contribution in [3.8, 4) is 0 Å². The summed E-state index contributed by atoms with van der Waals surface area (Å²) in [6.07, 6.45) is 2.77. The summed E-state index contributed by atoms with van der Waals surface area (Å²) < 4.78 is 0. The van der Waals surface area contributed by atoms with E-state index in [4.69, 9.17) is 0 Å². The number of allylic oxidation sites excluding steroid dienone is 1. The van der Waals surface area contributed by atoms with Crippen molar-refractivity contribution in [1.82, 2.24) is 0 Å². The first-order valence-electron chi connectivity index (χ1n) is 4.93. The van der Waals surface area contributed by atoms with Gasteiger partial charge < -0.3 is 5.11 Å². The highest BCUT2D eigenvalue weighted by Crippen LogP contribution is 2.17. The van der Waals surface area contributed by atoms with Crippen molar-refractivity contribution < 1.29 is 14.7 Å². The molecule has 0 amide bonds. The molecule has 1 unspecified atom stereocenters. The van der Waals surface area contributed by atoms with E-state index in [9.17, 15) is 14.7 Å². The van der Waals surface area contributed by atoms with Crippen LogP contribution in [0, 0.1) is 0 Å². The van der Waals surface area contributed by atoms with Crippen molar-refractivity contribution in [3.05, 3.63) is 47.5 Å². The molecule has 0 aliphatic rings. The van der Waals surface area contributed by atoms with Crippen LogP contribution < -0.4 is 0 Å². The van der Waals surface area contributed by atoms with E-state index >= 15 is 0 Å². The summed E-state index contributed by atoms with van der Waals surface area (Å²) in [5.41, 5.74) is 1.72. The molecule has 1 N–H and O–H groups in total. The Balaban J connectivity index is 2.69. The van der Waals surface area contributed by atoms with Gasteiger partial charge in [-0.25, -0.2) is 9.59 Å². The monoisotopic (exact) mass is 216 g/mol. The maximum Gasteiger partial charge on any atom is 0.120 e. The average Bonchev–Trinajstić information content (AvgIpc) is 2.34. The molecule has 1 atom stereocenters. The Morgan fingerprint density at radius 3 is 2.31 bits per heavy atom. The summed E-state index contributed by atoms with van der Waals surface area (Å²) in [5.74, 6) is 3.33. The van der Waals surface area contributed by atoms with Gasteiger partial charge in [-0.1, -0.05) is 24.3 Å². The minimum atomic E-state index is -0.683. The quantitative estimate of drug-likeness (QED) is 0.757. The van der Waals surface area contributed by atoms with Crippen LogP contribution in [0.1, 0.15) is 23.7 Å². The fourth-order valence-corrected chi connectivity index (χ4v) is 1.33. The standard InChI is InChI=1S/C13H12O3/c14-9-1-3-11-5-7-12(8-6-11)13(16)4-2-10-15/h1-2,5-8,13,16H,3-4H2. The molecule has 16 heavy (non-hydrogen) atoms. The van der Waals surface area contributed by atoms with Crippen LogP contribution in [-0.4, -0.2) is 17.0 Å². The molecule has 3 heteroatoms. The number of benzene rings is 1. The molecule has 0 radical (unpaired) electrons. The maximum atomic E-state index is 10.0. The molecule has 1 rings (SSSR count). The Morgan fingerprint density at radius 1 is 1.12 bits per heavy atom. The molecule has 0 fully saturated rings. The molecule has 0 saturated carbocycles. The lowest BCUT2D eigenvalue weighted by Crippen LogP contribution is -1.96. The van der Waals surface area contributed by atoms with Crippen LogP contribution in [0.5, 0.6) is 0 Å². The molecule has 0 saturated heterocycles. The Bertz CT molecular complexity index is 421. The number of hydrogen-bond donors (Lipinski definition) is 1. The molecule has 0 heterocycles. The fourth-order valence-electron chi connectivity index (χ4n) is 1.33. The number of aliphatic hydroxyl groups is 1. The minimum Gasteiger partial charge on any atom is -0.388 e. The van der Waals surface area contributed by atoms with Gasteiger partial charge in [0, 0.05) is 25.0 Å². The Labute approximate surface area is 93.7 Å². The molecule has 3 nitrogen and oxygen atoms in total. The Kier molecular flexibility index (Phi) is 4.97. The third kappa shape index (κ3) is 3.68.